The molecule has 7 nitrogen and oxygen atoms in total. The summed E-state index contributed by atoms with van der Waals surface area (Å²) in [7, 11) is 0. The third-order valence-corrected chi connectivity index (χ3v) is 4.65. The largest absolute Gasteiger partial charge is 0.465 e. The van der Waals surface area contributed by atoms with Gasteiger partial charge in [-0.1, -0.05) is 0 Å². The monoisotopic (exact) mass is 293 g/mol. The Hall–Kier alpha value is -1.86. The lowest BCUT2D eigenvalue weighted by atomic mass is 9.80. The van der Waals surface area contributed by atoms with Crippen LogP contribution in [0.25, 0.3) is 0 Å². The smallest absolute Gasteiger partial charge is 0.404 e. The van der Waals surface area contributed by atoms with Crippen molar-refractivity contribution in [3.63, 3.8) is 0 Å². The van der Waals surface area contributed by atoms with Gasteiger partial charge in [0.2, 0.25) is 0 Å². The van der Waals surface area contributed by atoms with Crippen LogP contribution in [-0.2, 0) is 4.74 Å². The summed E-state index contributed by atoms with van der Waals surface area (Å²) in [6.45, 7) is 1.63. The average Bonchev–Trinajstić information content (AvgIpc) is 3.17. The molecule has 3 atom stereocenters. The number of nitrogens with one attached hydrogen (secondary N) is 1. The van der Waals surface area contributed by atoms with Crippen LogP contribution in [-0.4, -0.2) is 38.5 Å². The molecule has 0 unspecified atom stereocenters. The van der Waals surface area contributed by atoms with Gasteiger partial charge < -0.3 is 26.0 Å². The predicted molar refractivity (Wildman–Crippen MR) is 74.6 cm³/mol. The molecule has 0 aromatic carbocycles. The van der Waals surface area contributed by atoms with E-state index in [2.05, 4.69) is 10.3 Å². The van der Waals surface area contributed by atoms with Gasteiger partial charge in [-0.05, 0) is 25.8 Å². The van der Waals surface area contributed by atoms with Crippen molar-refractivity contribution in [2.45, 2.75) is 49.5 Å². The van der Waals surface area contributed by atoms with Crippen molar-refractivity contribution in [2.24, 2.45) is 0 Å². The quantitative estimate of drug-likeness (QED) is 0.647. The molecule has 5 N–H and O–H groups in total. The van der Waals surface area contributed by atoms with E-state index in [-0.39, 0.29) is 6.10 Å². The second-order valence-corrected chi connectivity index (χ2v) is 5.99. The zero-order valence-corrected chi connectivity index (χ0v) is 11.7. The average molecular weight is 293 g/mol. The van der Waals surface area contributed by atoms with Gasteiger partial charge in [-0.25, -0.2) is 4.79 Å². The second kappa shape index (κ2) is 4.57. The van der Waals surface area contributed by atoms with Gasteiger partial charge in [0.25, 0.3) is 0 Å². The lowest BCUT2D eigenvalue weighted by Gasteiger charge is -2.47. The lowest BCUT2D eigenvalue weighted by Crippen LogP contribution is -2.63. The summed E-state index contributed by atoms with van der Waals surface area (Å²) < 4.78 is 6.09. The maximum absolute atomic E-state index is 11.0. The maximum atomic E-state index is 11.0. The standard InChI is InChI=1S/C14H19N3O4/c1-13(20)11(17-12(18)19)6-10(21-14(13)3-4-14)8-2-5-16-7-9(8)15/h2,5,7,10-11,17,20H,3-4,6,15H2,1H3,(H,18,19)/t10-,11+,13+/m1/s1. The number of pyridine rings is 1. The molecule has 1 aromatic rings. The van der Waals surface area contributed by atoms with Crippen LogP contribution >= 0.6 is 0 Å². The van der Waals surface area contributed by atoms with E-state index < -0.39 is 23.3 Å². The molecular formula is C14H19N3O4. The summed E-state index contributed by atoms with van der Waals surface area (Å²) >= 11 is 0. The predicted octanol–water partition coefficient (Wildman–Crippen LogP) is 1.04. The Balaban J connectivity index is 1.92. The molecule has 0 radical (unpaired) electrons. The molecule has 2 fully saturated rings. The van der Waals surface area contributed by atoms with Crippen LogP contribution in [0.1, 0.15) is 37.9 Å². The molecule has 2 heterocycles. The van der Waals surface area contributed by atoms with Crippen molar-refractivity contribution in [1.29, 1.82) is 0 Å². The number of carbonyl (C=O) groups is 1. The first-order chi connectivity index (χ1) is 9.86. The minimum Gasteiger partial charge on any atom is -0.465 e. The number of amides is 1. The molecule has 1 aromatic heterocycles. The molecule has 0 bridgehead atoms. The third kappa shape index (κ3) is 2.22. The SMILES string of the molecule is C[C@]1(O)[C@@H](NC(=O)O)C[C@H](c2ccncc2N)OC12CC2. The summed E-state index contributed by atoms with van der Waals surface area (Å²) in [5.74, 6) is 0. The first-order valence-electron chi connectivity index (χ1n) is 6.95. The molecule has 1 saturated carbocycles. The van der Waals surface area contributed by atoms with Gasteiger partial charge in [-0.15, -0.1) is 0 Å². The van der Waals surface area contributed by atoms with E-state index in [1.807, 2.05) is 0 Å². The fourth-order valence-corrected chi connectivity index (χ4v) is 3.19. The van der Waals surface area contributed by atoms with Crippen LogP contribution in [0.15, 0.2) is 18.5 Å². The molecule has 1 saturated heterocycles. The molecule has 1 aliphatic heterocycles. The van der Waals surface area contributed by atoms with Crippen molar-refractivity contribution in [3.8, 4) is 0 Å². The summed E-state index contributed by atoms with van der Waals surface area (Å²) in [4.78, 5) is 14.9. The van der Waals surface area contributed by atoms with E-state index in [1.165, 1.54) is 0 Å². The number of nitrogens with zero attached hydrogens (tertiary/aromatic N) is 1. The Morgan fingerprint density at radius 1 is 1.57 bits per heavy atom. The Labute approximate surface area is 122 Å². The van der Waals surface area contributed by atoms with Crippen LogP contribution in [0.3, 0.4) is 0 Å². The van der Waals surface area contributed by atoms with Crippen LogP contribution in [0, 0.1) is 0 Å². The highest BCUT2D eigenvalue weighted by Gasteiger charge is 2.65. The van der Waals surface area contributed by atoms with Crippen molar-refractivity contribution < 1.29 is 19.7 Å². The number of ether oxygens (including phenoxy) is 1. The van der Waals surface area contributed by atoms with Gasteiger partial charge >= 0.3 is 6.09 Å². The van der Waals surface area contributed by atoms with Gasteiger partial charge in [0.15, 0.2) is 0 Å². The van der Waals surface area contributed by atoms with Crippen LogP contribution in [0.2, 0.25) is 0 Å². The lowest BCUT2D eigenvalue weighted by molar-refractivity contribution is -0.200. The fraction of sp³-hybridized carbons (Fsp3) is 0.571. The Bertz CT molecular complexity index is 571. The Morgan fingerprint density at radius 3 is 2.86 bits per heavy atom. The summed E-state index contributed by atoms with van der Waals surface area (Å²) in [6.07, 6.45) is 3.41. The highest BCUT2D eigenvalue weighted by Crippen LogP contribution is 2.57. The van der Waals surface area contributed by atoms with E-state index in [0.29, 0.717) is 24.9 Å². The Kier molecular flexibility index (Phi) is 3.07. The highest BCUT2D eigenvalue weighted by molar-refractivity contribution is 5.65. The topological polar surface area (TPSA) is 118 Å². The van der Waals surface area contributed by atoms with Gasteiger partial charge in [-0.2, -0.15) is 0 Å². The summed E-state index contributed by atoms with van der Waals surface area (Å²) in [5.41, 5.74) is 5.29. The number of nitrogens with two attached hydrogens (primary N) is 1. The van der Waals surface area contributed by atoms with Crippen molar-refractivity contribution >= 4 is 11.8 Å². The molecule has 1 spiro atoms. The van der Waals surface area contributed by atoms with Crippen LogP contribution in [0.4, 0.5) is 10.5 Å². The summed E-state index contributed by atoms with van der Waals surface area (Å²) in [5, 5.41) is 22.1. The van der Waals surface area contributed by atoms with Gasteiger partial charge in [0, 0.05) is 18.2 Å². The number of rotatable bonds is 2. The number of aliphatic hydroxyl groups is 1. The minimum atomic E-state index is -1.23. The number of nitrogen functional groups attached to an aromatic ring is 1. The normalized spacial score (nSPS) is 33.6. The number of hydrogen-bond acceptors (Lipinski definition) is 5. The first-order valence-corrected chi connectivity index (χ1v) is 6.95. The zero-order chi connectivity index (χ0) is 15.3. The van der Waals surface area contributed by atoms with E-state index >= 15 is 0 Å². The number of hydrogen-bond donors (Lipinski definition) is 4. The molecule has 7 heteroatoms. The maximum Gasteiger partial charge on any atom is 0.404 e. The Morgan fingerprint density at radius 2 is 2.29 bits per heavy atom. The molecule has 3 rings (SSSR count). The molecule has 21 heavy (non-hydrogen) atoms. The number of anilines is 1. The van der Waals surface area contributed by atoms with E-state index in [1.54, 1.807) is 25.4 Å². The second-order valence-electron chi connectivity index (χ2n) is 5.99. The zero-order valence-electron chi connectivity index (χ0n) is 11.7. The molecule has 1 amide bonds. The highest BCUT2D eigenvalue weighted by atomic mass is 16.5. The summed E-state index contributed by atoms with van der Waals surface area (Å²) in [6, 6.07) is 1.16. The molecule has 1 aliphatic carbocycles. The minimum absolute atomic E-state index is 0.329. The molecule has 2 aliphatic rings. The van der Waals surface area contributed by atoms with Crippen LogP contribution < -0.4 is 11.1 Å². The van der Waals surface area contributed by atoms with Gasteiger partial charge in [0.1, 0.15) is 5.60 Å². The third-order valence-electron chi connectivity index (χ3n) is 4.65. The van der Waals surface area contributed by atoms with E-state index in [0.717, 1.165) is 5.56 Å². The van der Waals surface area contributed by atoms with Crippen molar-refractivity contribution in [3.05, 3.63) is 24.0 Å². The van der Waals surface area contributed by atoms with Crippen molar-refractivity contribution in [2.75, 3.05) is 5.73 Å². The number of aromatic nitrogens is 1. The number of carboxylic acid groups (broad SMARTS) is 1. The van der Waals surface area contributed by atoms with Gasteiger partial charge in [-0.3, -0.25) is 4.98 Å². The van der Waals surface area contributed by atoms with Gasteiger partial charge in [0.05, 0.1) is 29.6 Å². The fourth-order valence-electron chi connectivity index (χ4n) is 3.19. The first kappa shape index (κ1) is 14.1. The van der Waals surface area contributed by atoms with E-state index in [9.17, 15) is 9.90 Å². The van der Waals surface area contributed by atoms with Crippen molar-refractivity contribution in [1.82, 2.24) is 10.3 Å². The molecule has 114 valence electrons. The molecular weight excluding hydrogens is 274 g/mol. The van der Waals surface area contributed by atoms with Crippen LogP contribution in [0.5, 0.6) is 0 Å². The van der Waals surface area contributed by atoms with E-state index in [4.69, 9.17) is 15.6 Å².